The van der Waals surface area contributed by atoms with Crippen LogP contribution in [-0.4, -0.2) is 24.9 Å². The molecule has 3 aromatic rings. The summed E-state index contributed by atoms with van der Waals surface area (Å²) in [4.78, 5) is 0. The van der Waals surface area contributed by atoms with Gasteiger partial charge >= 0.3 is 6.18 Å². The lowest BCUT2D eigenvalue weighted by Gasteiger charge is -2.18. The topological polar surface area (TPSA) is 54.4 Å². The van der Waals surface area contributed by atoms with Crippen molar-refractivity contribution in [2.24, 2.45) is 0 Å². The van der Waals surface area contributed by atoms with Gasteiger partial charge in [0.2, 0.25) is 0 Å². The predicted octanol–water partition coefficient (Wildman–Crippen LogP) is 4.66. The van der Waals surface area contributed by atoms with Gasteiger partial charge in [-0.3, -0.25) is 4.55 Å². The van der Waals surface area contributed by atoms with Gasteiger partial charge in [0.25, 0.3) is 10.1 Å². The molecular weight excluding hydrogens is 432 g/mol. The second kappa shape index (κ2) is 11.3. The molecule has 0 unspecified atom stereocenters. The zero-order valence-electron chi connectivity index (χ0n) is 16.0. The Labute approximate surface area is 176 Å². The second-order valence-corrected chi connectivity index (χ2v) is 10.1. The number of alkyl halides is 3. The maximum absolute atomic E-state index is 11.4. The van der Waals surface area contributed by atoms with E-state index >= 15 is 0 Å². The first-order chi connectivity index (χ1) is 14.2. The van der Waals surface area contributed by atoms with Crippen molar-refractivity contribution in [1.29, 1.82) is 0 Å². The molecular formula is C22H22F3O3PS. The third-order valence-electron chi connectivity index (χ3n) is 3.91. The highest BCUT2D eigenvalue weighted by Gasteiger charge is 2.27. The molecule has 0 spiro atoms. The van der Waals surface area contributed by atoms with Crippen LogP contribution < -0.4 is 15.9 Å². The van der Waals surface area contributed by atoms with Gasteiger partial charge in [0, 0.05) is 6.42 Å². The Hall–Kier alpha value is -2.21. The third kappa shape index (κ3) is 9.08. The summed E-state index contributed by atoms with van der Waals surface area (Å²) < 4.78 is 61.9. The summed E-state index contributed by atoms with van der Waals surface area (Å²) in [5.74, 6) is -0.841. The Morgan fingerprint density at radius 3 is 1.30 bits per heavy atom. The molecule has 3 nitrogen and oxygen atoms in total. The highest BCUT2D eigenvalue weighted by Crippen LogP contribution is 2.32. The molecule has 3 rings (SSSR count). The van der Waals surface area contributed by atoms with Gasteiger partial charge in [-0.1, -0.05) is 91.0 Å². The smallest absolute Gasteiger partial charge is 0.286 e. The Balaban J connectivity index is 0.000000252. The first kappa shape index (κ1) is 24.1. The summed E-state index contributed by atoms with van der Waals surface area (Å²) >= 11 is 0. The number of rotatable bonds is 6. The van der Waals surface area contributed by atoms with Gasteiger partial charge < -0.3 is 0 Å². The van der Waals surface area contributed by atoms with Crippen molar-refractivity contribution in [3.8, 4) is 0 Å². The predicted molar refractivity (Wildman–Crippen MR) is 117 cm³/mol. The average molecular weight is 454 g/mol. The van der Waals surface area contributed by atoms with E-state index in [9.17, 15) is 21.6 Å². The van der Waals surface area contributed by atoms with E-state index in [0.29, 0.717) is 0 Å². The lowest BCUT2D eigenvalue weighted by Crippen LogP contribution is -2.20. The fourth-order valence-electron chi connectivity index (χ4n) is 2.63. The molecule has 0 saturated carbocycles. The molecule has 0 aliphatic rings. The summed E-state index contributed by atoms with van der Waals surface area (Å²) in [6.45, 7) is 0. The van der Waals surface area contributed by atoms with Crippen LogP contribution in [0.1, 0.15) is 12.8 Å². The minimum atomic E-state index is -4.36. The number of benzene rings is 3. The van der Waals surface area contributed by atoms with Crippen LogP contribution in [0.15, 0.2) is 91.0 Å². The molecule has 0 heterocycles. The van der Waals surface area contributed by atoms with E-state index in [4.69, 9.17) is 4.55 Å². The van der Waals surface area contributed by atoms with E-state index < -0.39 is 42.8 Å². The van der Waals surface area contributed by atoms with Crippen molar-refractivity contribution in [2.45, 2.75) is 19.0 Å². The van der Waals surface area contributed by atoms with Crippen molar-refractivity contribution in [3.63, 3.8) is 0 Å². The monoisotopic (exact) mass is 454 g/mol. The minimum absolute atomic E-state index is 0.446. The fourth-order valence-corrected chi connectivity index (χ4v) is 5.45. The normalized spacial score (nSPS) is 11.6. The molecule has 160 valence electrons. The summed E-state index contributed by atoms with van der Waals surface area (Å²) in [6, 6.07) is 32.3. The van der Waals surface area contributed by atoms with Crippen molar-refractivity contribution in [3.05, 3.63) is 91.0 Å². The Kier molecular flexibility index (Phi) is 9.03. The minimum Gasteiger partial charge on any atom is -0.286 e. The van der Waals surface area contributed by atoms with Gasteiger partial charge in [0.15, 0.2) is 0 Å². The van der Waals surface area contributed by atoms with Gasteiger partial charge in [-0.2, -0.15) is 21.6 Å². The second-order valence-electron chi connectivity index (χ2n) is 6.35. The van der Waals surface area contributed by atoms with Crippen molar-refractivity contribution < 1.29 is 26.1 Å². The fraction of sp³-hybridized carbons (Fsp3) is 0.182. The van der Waals surface area contributed by atoms with Crippen molar-refractivity contribution in [2.75, 3.05) is 5.75 Å². The van der Waals surface area contributed by atoms with Gasteiger partial charge in [0.05, 0.1) is 5.75 Å². The van der Waals surface area contributed by atoms with Crippen LogP contribution in [-0.2, 0) is 10.1 Å². The molecule has 0 bridgehead atoms. The Bertz CT molecular complexity index is 886. The molecule has 30 heavy (non-hydrogen) atoms. The molecule has 0 atom stereocenters. The first-order valence-electron chi connectivity index (χ1n) is 9.13. The molecule has 8 heteroatoms. The Morgan fingerprint density at radius 2 is 1.03 bits per heavy atom. The van der Waals surface area contributed by atoms with E-state index in [1.165, 1.54) is 15.9 Å². The molecule has 1 N–H and O–H groups in total. The van der Waals surface area contributed by atoms with Crippen molar-refractivity contribution >= 4 is 34.0 Å². The van der Waals surface area contributed by atoms with E-state index in [2.05, 4.69) is 91.0 Å². The van der Waals surface area contributed by atoms with Crippen molar-refractivity contribution in [1.82, 2.24) is 0 Å². The van der Waals surface area contributed by atoms with Gasteiger partial charge in [-0.15, -0.1) is 0 Å². The third-order valence-corrected chi connectivity index (χ3v) is 7.15. The van der Waals surface area contributed by atoms with Gasteiger partial charge in [-0.25, -0.2) is 0 Å². The summed E-state index contributed by atoms with van der Waals surface area (Å²) in [7, 11) is -4.69. The van der Waals surface area contributed by atoms with Crippen LogP contribution in [0.3, 0.4) is 0 Å². The van der Waals surface area contributed by atoms with Crippen LogP contribution in [0.5, 0.6) is 0 Å². The largest absolute Gasteiger partial charge is 0.389 e. The maximum atomic E-state index is 11.4. The SMILES string of the molecule is O=S(=O)(O)CCCC(F)(F)F.c1ccc(P(c2ccccc2)c2ccccc2)cc1. The zero-order valence-corrected chi connectivity index (χ0v) is 17.7. The molecule has 3 aromatic carbocycles. The van der Waals surface area contributed by atoms with Crippen LogP contribution >= 0.6 is 7.92 Å². The number of halogens is 3. The quantitative estimate of drug-likeness (QED) is 0.435. The summed E-state index contributed by atoms with van der Waals surface area (Å²) in [5, 5.41) is 4.19. The lowest BCUT2D eigenvalue weighted by atomic mass is 10.3. The molecule has 0 aliphatic heterocycles. The average Bonchev–Trinajstić information content (AvgIpc) is 2.69. The standard InChI is InChI=1S/C18H15P.C4H7F3O3S/c1-4-10-16(11-5-1)19(17-12-6-2-7-13-17)18-14-8-3-9-15-18;5-4(6,7)2-1-3-11(8,9)10/h1-15H;1-3H2,(H,8,9,10). The van der Waals surface area contributed by atoms with Gasteiger partial charge in [-0.05, 0) is 30.3 Å². The molecule has 0 aliphatic carbocycles. The molecule has 0 saturated heterocycles. The summed E-state index contributed by atoms with van der Waals surface area (Å²) in [6.07, 6.45) is -6.14. The van der Waals surface area contributed by atoms with Crippen LogP contribution in [0.4, 0.5) is 13.2 Å². The van der Waals surface area contributed by atoms with E-state index in [1.807, 2.05) is 0 Å². The molecule has 0 fully saturated rings. The summed E-state index contributed by atoms with van der Waals surface area (Å²) in [5.41, 5.74) is 0. The molecule has 0 aromatic heterocycles. The van der Waals surface area contributed by atoms with Crippen LogP contribution in [0.2, 0.25) is 0 Å². The maximum Gasteiger partial charge on any atom is 0.389 e. The molecule has 0 radical (unpaired) electrons. The Morgan fingerprint density at radius 1 is 0.700 bits per heavy atom. The van der Waals surface area contributed by atoms with E-state index in [-0.39, 0.29) is 0 Å². The van der Waals surface area contributed by atoms with E-state index in [0.717, 1.165) is 0 Å². The number of hydrogen-bond donors (Lipinski definition) is 1. The zero-order chi connectivity index (χ0) is 22.0. The lowest BCUT2D eigenvalue weighted by molar-refractivity contribution is -0.134. The van der Waals surface area contributed by atoms with Crippen LogP contribution in [0.25, 0.3) is 0 Å². The first-order valence-corrected chi connectivity index (χ1v) is 12.1. The number of hydrogen-bond acceptors (Lipinski definition) is 2. The van der Waals surface area contributed by atoms with Crippen LogP contribution in [0, 0.1) is 0 Å². The van der Waals surface area contributed by atoms with Gasteiger partial charge in [0.1, 0.15) is 0 Å². The highest BCUT2D eigenvalue weighted by molar-refractivity contribution is 7.85. The highest BCUT2D eigenvalue weighted by atomic mass is 32.2. The van der Waals surface area contributed by atoms with E-state index in [1.54, 1.807) is 0 Å². The molecule has 0 amide bonds.